The molecule has 1 fully saturated rings. The minimum Gasteiger partial charge on any atom is -0.507 e. The fourth-order valence-electron chi connectivity index (χ4n) is 1.36. The van der Waals surface area contributed by atoms with Crippen LogP contribution in [0.5, 0.6) is 5.75 Å². The van der Waals surface area contributed by atoms with Gasteiger partial charge >= 0.3 is 0 Å². The lowest BCUT2D eigenvalue weighted by molar-refractivity contribution is 0.379. The third-order valence-corrected chi connectivity index (χ3v) is 3.07. The standard InChI is InChI=1S/C9H10BrNO/c10-9-6(7-4-5-11-7)2-1-3-8(9)12/h1-3,7,11-12H,4-5H2. The maximum atomic E-state index is 9.39. The molecule has 64 valence electrons. The van der Waals surface area contributed by atoms with Crippen molar-refractivity contribution in [2.24, 2.45) is 0 Å². The van der Waals surface area contributed by atoms with E-state index in [2.05, 4.69) is 21.2 Å². The van der Waals surface area contributed by atoms with Gasteiger partial charge in [-0.05, 0) is 40.5 Å². The molecule has 1 aromatic carbocycles. The normalized spacial score (nSPS) is 21.9. The first-order valence-electron chi connectivity index (χ1n) is 4.00. The van der Waals surface area contributed by atoms with Crippen LogP contribution in [-0.4, -0.2) is 11.7 Å². The number of aromatic hydroxyl groups is 1. The van der Waals surface area contributed by atoms with Crippen LogP contribution in [0.3, 0.4) is 0 Å². The van der Waals surface area contributed by atoms with E-state index in [9.17, 15) is 5.11 Å². The maximum Gasteiger partial charge on any atom is 0.130 e. The van der Waals surface area contributed by atoms with Crippen molar-refractivity contribution in [2.45, 2.75) is 12.5 Å². The van der Waals surface area contributed by atoms with Gasteiger partial charge in [0.2, 0.25) is 0 Å². The van der Waals surface area contributed by atoms with Crippen molar-refractivity contribution in [3.63, 3.8) is 0 Å². The molecule has 0 spiro atoms. The van der Waals surface area contributed by atoms with Gasteiger partial charge in [0, 0.05) is 6.04 Å². The molecule has 2 nitrogen and oxygen atoms in total. The van der Waals surface area contributed by atoms with Gasteiger partial charge in [-0.1, -0.05) is 12.1 Å². The Morgan fingerprint density at radius 3 is 2.83 bits per heavy atom. The summed E-state index contributed by atoms with van der Waals surface area (Å²) in [6.07, 6.45) is 1.15. The van der Waals surface area contributed by atoms with Crippen LogP contribution in [0.2, 0.25) is 0 Å². The summed E-state index contributed by atoms with van der Waals surface area (Å²) < 4.78 is 0.821. The molecule has 1 atom stereocenters. The van der Waals surface area contributed by atoms with E-state index in [0.29, 0.717) is 11.8 Å². The van der Waals surface area contributed by atoms with Crippen molar-refractivity contribution in [1.82, 2.24) is 5.32 Å². The van der Waals surface area contributed by atoms with E-state index in [1.54, 1.807) is 6.07 Å². The topological polar surface area (TPSA) is 32.3 Å². The molecule has 3 heteroatoms. The highest BCUT2D eigenvalue weighted by Crippen LogP contribution is 2.34. The molecule has 0 amide bonds. The van der Waals surface area contributed by atoms with Gasteiger partial charge in [0.25, 0.3) is 0 Å². The zero-order chi connectivity index (χ0) is 8.55. The summed E-state index contributed by atoms with van der Waals surface area (Å²) in [7, 11) is 0. The molecule has 0 aliphatic carbocycles. The molecular formula is C9H10BrNO. The smallest absolute Gasteiger partial charge is 0.130 e. The number of halogens is 1. The molecule has 1 aliphatic rings. The molecule has 2 rings (SSSR count). The molecular weight excluding hydrogens is 218 g/mol. The fourth-order valence-corrected chi connectivity index (χ4v) is 1.90. The number of hydrogen-bond acceptors (Lipinski definition) is 2. The summed E-state index contributed by atoms with van der Waals surface area (Å²) in [6, 6.07) is 6.01. The van der Waals surface area contributed by atoms with Crippen LogP contribution in [0.15, 0.2) is 22.7 Å². The van der Waals surface area contributed by atoms with Crippen LogP contribution in [0, 0.1) is 0 Å². The molecule has 0 radical (unpaired) electrons. The van der Waals surface area contributed by atoms with Crippen LogP contribution >= 0.6 is 15.9 Å². The Morgan fingerprint density at radius 2 is 2.25 bits per heavy atom. The number of hydrogen-bond donors (Lipinski definition) is 2. The molecule has 1 heterocycles. The van der Waals surface area contributed by atoms with Crippen molar-refractivity contribution in [3.05, 3.63) is 28.2 Å². The number of phenolic OH excluding ortho intramolecular Hbond substituents is 1. The summed E-state index contributed by atoms with van der Waals surface area (Å²) in [5.41, 5.74) is 1.15. The Kier molecular flexibility index (Phi) is 2.07. The maximum absolute atomic E-state index is 9.39. The van der Waals surface area contributed by atoms with E-state index in [4.69, 9.17) is 0 Å². The van der Waals surface area contributed by atoms with Crippen molar-refractivity contribution in [2.75, 3.05) is 6.54 Å². The molecule has 0 bridgehead atoms. The van der Waals surface area contributed by atoms with Gasteiger partial charge in [0.05, 0.1) is 4.47 Å². The van der Waals surface area contributed by atoms with Gasteiger partial charge in [0.1, 0.15) is 5.75 Å². The van der Waals surface area contributed by atoms with Crippen LogP contribution < -0.4 is 5.32 Å². The first-order chi connectivity index (χ1) is 5.79. The van der Waals surface area contributed by atoms with Crippen LogP contribution in [0.4, 0.5) is 0 Å². The monoisotopic (exact) mass is 227 g/mol. The highest BCUT2D eigenvalue weighted by Gasteiger charge is 2.21. The summed E-state index contributed by atoms with van der Waals surface area (Å²) >= 11 is 3.37. The Bertz CT molecular complexity index is 297. The zero-order valence-corrected chi connectivity index (χ0v) is 8.13. The first-order valence-corrected chi connectivity index (χ1v) is 4.79. The van der Waals surface area contributed by atoms with Crippen molar-refractivity contribution in [1.29, 1.82) is 0 Å². The summed E-state index contributed by atoms with van der Waals surface area (Å²) in [4.78, 5) is 0. The second-order valence-electron chi connectivity index (χ2n) is 2.98. The average molecular weight is 228 g/mol. The van der Waals surface area contributed by atoms with E-state index in [-0.39, 0.29) is 0 Å². The number of benzene rings is 1. The molecule has 1 aliphatic heterocycles. The van der Waals surface area contributed by atoms with E-state index in [1.807, 2.05) is 12.1 Å². The lowest BCUT2D eigenvalue weighted by Gasteiger charge is -2.28. The first kappa shape index (κ1) is 8.08. The van der Waals surface area contributed by atoms with E-state index >= 15 is 0 Å². The second-order valence-corrected chi connectivity index (χ2v) is 3.77. The van der Waals surface area contributed by atoms with Crippen molar-refractivity contribution in [3.8, 4) is 5.75 Å². The third kappa shape index (κ3) is 1.23. The van der Waals surface area contributed by atoms with Gasteiger partial charge in [-0.2, -0.15) is 0 Å². The second kappa shape index (κ2) is 3.07. The highest BCUT2D eigenvalue weighted by atomic mass is 79.9. The Labute approximate surface area is 79.7 Å². The van der Waals surface area contributed by atoms with E-state index in [1.165, 1.54) is 0 Å². The fraction of sp³-hybridized carbons (Fsp3) is 0.333. The average Bonchev–Trinajstić information content (AvgIpc) is 1.95. The van der Waals surface area contributed by atoms with Crippen molar-refractivity contribution >= 4 is 15.9 Å². The summed E-state index contributed by atoms with van der Waals surface area (Å²) in [6.45, 7) is 1.08. The van der Waals surface area contributed by atoms with Crippen LogP contribution in [0.1, 0.15) is 18.0 Å². The third-order valence-electron chi connectivity index (χ3n) is 2.21. The summed E-state index contributed by atoms with van der Waals surface area (Å²) in [5.74, 6) is 0.321. The SMILES string of the molecule is Oc1cccc(C2CCN2)c1Br. The molecule has 12 heavy (non-hydrogen) atoms. The van der Waals surface area contributed by atoms with Gasteiger partial charge in [-0.25, -0.2) is 0 Å². The largest absolute Gasteiger partial charge is 0.507 e. The van der Waals surface area contributed by atoms with Gasteiger partial charge in [-0.15, -0.1) is 0 Å². The van der Waals surface area contributed by atoms with Crippen LogP contribution in [0.25, 0.3) is 0 Å². The molecule has 0 saturated carbocycles. The predicted octanol–water partition coefficient (Wildman–Crippen LogP) is 2.19. The number of rotatable bonds is 1. The molecule has 0 aromatic heterocycles. The Balaban J connectivity index is 2.36. The minimum absolute atomic E-state index is 0.321. The molecule has 1 aromatic rings. The number of phenols is 1. The Hall–Kier alpha value is -0.540. The van der Waals surface area contributed by atoms with Crippen LogP contribution in [-0.2, 0) is 0 Å². The minimum atomic E-state index is 0.321. The molecule has 2 N–H and O–H groups in total. The van der Waals surface area contributed by atoms with E-state index < -0.39 is 0 Å². The highest BCUT2D eigenvalue weighted by molar-refractivity contribution is 9.10. The quantitative estimate of drug-likeness (QED) is 0.772. The van der Waals surface area contributed by atoms with Gasteiger partial charge < -0.3 is 10.4 Å². The van der Waals surface area contributed by atoms with Gasteiger partial charge in [-0.3, -0.25) is 0 Å². The molecule has 1 unspecified atom stereocenters. The Morgan fingerprint density at radius 1 is 1.50 bits per heavy atom. The summed E-state index contributed by atoms with van der Waals surface area (Å²) in [5, 5.41) is 12.7. The zero-order valence-electron chi connectivity index (χ0n) is 6.55. The number of nitrogens with one attached hydrogen (secondary N) is 1. The van der Waals surface area contributed by atoms with E-state index in [0.717, 1.165) is 23.0 Å². The molecule has 1 saturated heterocycles. The van der Waals surface area contributed by atoms with Gasteiger partial charge in [0.15, 0.2) is 0 Å². The predicted molar refractivity (Wildman–Crippen MR) is 51.2 cm³/mol. The lowest BCUT2D eigenvalue weighted by Crippen LogP contribution is -2.35. The lowest BCUT2D eigenvalue weighted by atomic mass is 9.98. The van der Waals surface area contributed by atoms with Crippen molar-refractivity contribution < 1.29 is 5.11 Å².